The molecule has 0 saturated heterocycles. The minimum atomic E-state index is 0.193. The largest absolute Gasteiger partial charge is 0.288 e. The minimum Gasteiger partial charge on any atom is -0.285 e. The lowest BCUT2D eigenvalue weighted by Gasteiger charge is -2.04. The zero-order valence-electron chi connectivity index (χ0n) is 5.16. The van der Waals surface area contributed by atoms with Crippen LogP contribution in [0, 0.1) is 0 Å². The molecule has 0 amide bonds. The third-order valence-corrected chi connectivity index (χ3v) is 4.35. The lowest BCUT2D eigenvalue weighted by Crippen LogP contribution is -3.68. The van der Waals surface area contributed by atoms with Crippen LogP contribution in [0.1, 0.15) is 20.3 Å². The zero-order chi connectivity index (χ0) is 5.91. The molecule has 0 spiro atoms. The highest BCUT2D eigenvalue weighted by Gasteiger charge is 2.26. The van der Waals surface area contributed by atoms with Crippen molar-refractivity contribution in [1.82, 2.24) is 0 Å². The van der Waals surface area contributed by atoms with E-state index in [4.69, 9.17) is 5.73 Å². The van der Waals surface area contributed by atoms with E-state index in [-0.39, 0.29) is 24.8 Å². The molecule has 44 valence electrons. The number of hydrogen-bond donors (Lipinski definition) is 1. The number of rotatable bonds is 2. The van der Waals surface area contributed by atoms with E-state index in [1.54, 1.807) is 0 Å². The molecule has 0 rings (SSSR count). The summed E-state index contributed by atoms with van der Waals surface area (Å²) in [6.45, 7) is 4.27. The van der Waals surface area contributed by atoms with Crippen LogP contribution in [0.2, 0.25) is 0 Å². The summed E-state index contributed by atoms with van der Waals surface area (Å²) in [7, 11) is 0. The maximum atomic E-state index is 5.76. The van der Waals surface area contributed by atoms with E-state index in [1.807, 2.05) is 0 Å². The Morgan fingerprint density at radius 2 is 2.14 bits per heavy atom. The highest BCUT2D eigenvalue weighted by Crippen LogP contribution is 1.85. The molecule has 0 aromatic carbocycles. The van der Waals surface area contributed by atoms with Gasteiger partial charge in [0.25, 0.3) is 21.2 Å². The van der Waals surface area contributed by atoms with Gasteiger partial charge in [-0.3, -0.25) is 5.73 Å². The van der Waals surface area contributed by atoms with Crippen LogP contribution < -0.4 is 26.9 Å². The van der Waals surface area contributed by atoms with Gasteiger partial charge in [-0.15, -0.1) is 0 Å². The summed E-state index contributed by atoms with van der Waals surface area (Å²) < 4.78 is 0.193. The number of hydrogen-bond acceptors (Lipinski definition) is 1. The first-order valence-electron chi connectivity index (χ1n) is 2.42. The molecule has 0 heterocycles. The SMILES string of the molecule is CC[C@](C)(N)[I+]C. The predicted molar refractivity (Wildman–Crippen MR) is 28.8 cm³/mol. The summed E-state index contributed by atoms with van der Waals surface area (Å²) in [5, 5.41) is 0. The molecule has 0 saturated carbocycles. The van der Waals surface area contributed by atoms with Gasteiger partial charge in [0.15, 0.2) is 0 Å². The maximum absolute atomic E-state index is 5.76. The van der Waals surface area contributed by atoms with Crippen molar-refractivity contribution in [2.45, 2.75) is 23.8 Å². The molecule has 0 aromatic rings. The molecule has 0 aliphatic heterocycles. The van der Waals surface area contributed by atoms with Crippen molar-refractivity contribution in [3.05, 3.63) is 0 Å². The fourth-order valence-electron chi connectivity index (χ4n) is 0.134. The van der Waals surface area contributed by atoms with Gasteiger partial charge < -0.3 is 0 Å². The molecule has 0 fully saturated rings. The monoisotopic (exact) mass is 214 g/mol. The van der Waals surface area contributed by atoms with Gasteiger partial charge in [-0.1, -0.05) is 6.92 Å². The molecule has 0 bridgehead atoms. The fourth-order valence-corrected chi connectivity index (χ4v) is 0.896. The number of halogens is 1. The van der Waals surface area contributed by atoms with Crippen molar-refractivity contribution < 1.29 is 21.2 Å². The molecule has 1 nitrogen and oxygen atoms in total. The Balaban J connectivity index is 3.36. The van der Waals surface area contributed by atoms with Crippen LogP contribution in [0.4, 0.5) is 0 Å². The smallest absolute Gasteiger partial charge is 0.285 e. The van der Waals surface area contributed by atoms with Gasteiger partial charge in [0.2, 0.25) is 3.55 Å². The Kier molecular flexibility index (Phi) is 3.15. The molecule has 0 aromatic heterocycles. The second-order valence-electron chi connectivity index (χ2n) is 1.82. The summed E-state index contributed by atoms with van der Waals surface area (Å²) in [5.41, 5.74) is 5.76. The minimum absolute atomic E-state index is 0.193. The molecular formula is C5H13IN+. The van der Waals surface area contributed by atoms with E-state index >= 15 is 0 Å². The Labute approximate surface area is 55.9 Å². The molecule has 2 heteroatoms. The Bertz CT molecular complexity index is 46.0. The third kappa shape index (κ3) is 3.29. The van der Waals surface area contributed by atoms with Gasteiger partial charge in [0.05, 0.1) is 0 Å². The molecular weight excluding hydrogens is 201 g/mol. The molecule has 7 heavy (non-hydrogen) atoms. The highest BCUT2D eigenvalue weighted by atomic mass is 127. The van der Waals surface area contributed by atoms with Gasteiger partial charge in [-0.05, 0) is 6.92 Å². The van der Waals surface area contributed by atoms with Crippen molar-refractivity contribution in [2.24, 2.45) is 5.73 Å². The van der Waals surface area contributed by atoms with E-state index in [1.165, 1.54) is 0 Å². The first-order chi connectivity index (χ1) is 3.12. The Hall–Kier alpha value is 0.690. The Morgan fingerprint density at radius 1 is 1.71 bits per heavy atom. The summed E-state index contributed by atoms with van der Waals surface area (Å²) in [5.74, 6) is 0. The summed E-state index contributed by atoms with van der Waals surface area (Å²) in [6.07, 6.45) is 1.12. The zero-order valence-corrected chi connectivity index (χ0v) is 7.32. The molecule has 2 N–H and O–H groups in total. The second-order valence-corrected chi connectivity index (χ2v) is 5.36. The number of nitrogens with two attached hydrogens (primary N) is 1. The van der Waals surface area contributed by atoms with Gasteiger partial charge >= 0.3 is 0 Å². The lowest BCUT2D eigenvalue weighted by molar-refractivity contribution is -0.700. The van der Waals surface area contributed by atoms with E-state index < -0.39 is 0 Å². The lowest BCUT2D eigenvalue weighted by atomic mass is 10.3. The Morgan fingerprint density at radius 3 is 2.14 bits per heavy atom. The van der Waals surface area contributed by atoms with Crippen LogP contribution in [0.3, 0.4) is 0 Å². The van der Waals surface area contributed by atoms with Gasteiger partial charge in [-0.2, -0.15) is 0 Å². The van der Waals surface area contributed by atoms with Gasteiger partial charge in [-0.25, -0.2) is 0 Å². The standard InChI is InChI=1S/C5H13IN/c1-4-5(2,7)6-3/h4,7H2,1-3H3/q+1/t5-/m0/s1. The molecule has 0 aliphatic rings. The number of alkyl halides is 2. The molecule has 0 aliphatic carbocycles. The average Bonchev–Trinajstić information content (AvgIpc) is 1.68. The van der Waals surface area contributed by atoms with Crippen molar-refractivity contribution in [3.63, 3.8) is 0 Å². The topological polar surface area (TPSA) is 26.0 Å². The van der Waals surface area contributed by atoms with Crippen LogP contribution in [0.25, 0.3) is 0 Å². The van der Waals surface area contributed by atoms with Crippen molar-refractivity contribution >= 4 is 0 Å². The van der Waals surface area contributed by atoms with Gasteiger partial charge in [0.1, 0.15) is 4.93 Å². The summed E-state index contributed by atoms with van der Waals surface area (Å²) in [6, 6.07) is 0. The maximum Gasteiger partial charge on any atom is 0.288 e. The van der Waals surface area contributed by atoms with Crippen LogP contribution in [-0.2, 0) is 0 Å². The van der Waals surface area contributed by atoms with Crippen LogP contribution in [0.15, 0.2) is 0 Å². The van der Waals surface area contributed by atoms with Crippen molar-refractivity contribution in [1.29, 1.82) is 0 Å². The molecule has 0 unspecified atom stereocenters. The van der Waals surface area contributed by atoms with E-state index in [2.05, 4.69) is 18.8 Å². The van der Waals surface area contributed by atoms with E-state index in [0.717, 1.165) is 6.42 Å². The first-order valence-corrected chi connectivity index (χ1v) is 5.65. The molecule has 0 radical (unpaired) electrons. The van der Waals surface area contributed by atoms with Crippen LogP contribution in [0.5, 0.6) is 0 Å². The fraction of sp³-hybridized carbons (Fsp3) is 1.00. The van der Waals surface area contributed by atoms with Gasteiger partial charge in [0, 0.05) is 6.42 Å². The van der Waals surface area contributed by atoms with Crippen molar-refractivity contribution in [3.8, 4) is 0 Å². The quantitative estimate of drug-likeness (QED) is 0.315. The highest BCUT2D eigenvalue weighted by molar-refractivity contribution is 4.55. The summed E-state index contributed by atoms with van der Waals surface area (Å²) >= 11 is 0.239. The van der Waals surface area contributed by atoms with Crippen molar-refractivity contribution in [2.75, 3.05) is 4.93 Å². The van der Waals surface area contributed by atoms with Crippen LogP contribution >= 0.6 is 0 Å². The second kappa shape index (κ2) is 2.87. The normalized spacial score (nSPS) is 18.9. The van der Waals surface area contributed by atoms with Crippen LogP contribution in [-0.4, -0.2) is 8.48 Å². The molecule has 1 atom stereocenters. The average molecular weight is 214 g/mol. The van der Waals surface area contributed by atoms with E-state index in [9.17, 15) is 0 Å². The summed E-state index contributed by atoms with van der Waals surface area (Å²) in [4.78, 5) is 2.22. The predicted octanol–water partition coefficient (Wildman–Crippen LogP) is -2.21. The third-order valence-electron chi connectivity index (χ3n) is 1.12. The first kappa shape index (κ1) is 7.69. The van der Waals surface area contributed by atoms with E-state index in [0.29, 0.717) is 0 Å².